The third-order valence-electron chi connectivity index (χ3n) is 4.75. The molecule has 1 N–H and O–H groups in total. The Labute approximate surface area is 172 Å². The molecule has 9 nitrogen and oxygen atoms in total. The van der Waals surface area contributed by atoms with E-state index in [1.807, 2.05) is 6.07 Å². The zero-order chi connectivity index (χ0) is 21.7. The molecule has 1 aliphatic heterocycles. The van der Waals surface area contributed by atoms with Crippen LogP contribution < -0.4 is 5.32 Å². The average molecular weight is 411 g/mol. The highest BCUT2D eigenvalue weighted by Crippen LogP contribution is 2.22. The van der Waals surface area contributed by atoms with Gasteiger partial charge in [0.05, 0.1) is 16.2 Å². The number of carbonyl (C=O) groups is 3. The number of nitrogens with zero attached hydrogens (tertiary/aromatic N) is 2. The Bertz CT molecular complexity index is 1000. The zero-order valence-corrected chi connectivity index (χ0v) is 16.4. The van der Waals surface area contributed by atoms with E-state index >= 15 is 0 Å². The number of anilines is 1. The van der Waals surface area contributed by atoms with Crippen LogP contribution in [-0.4, -0.2) is 40.8 Å². The SMILES string of the molecule is Cc1ccc([N+](=O)[O-])cc1NC(=O)COC(=O)c1cccc(CN2CCCC2=O)c1. The van der Waals surface area contributed by atoms with Crippen molar-refractivity contribution in [3.63, 3.8) is 0 Å². The molecule has 1 aliphatic rings. The number of esters is 1. The summed E-state index contributed by atoms with van der Waals surface area (Å²) >= 11 is 0. The standard InChI is InChI=1S/C21H21N3O6/c1-14-7-8-17(24(28)29)11-18(14)22-19(25)13-30-21(27)16-5-2-4-15(10-16)12-23-9-3-6-20(23)26/h2,4-5,7-8,10-11H,3,6,9,12-13H2,1H3,(H,22,25). The van der Waals surface area contributed by atoms with E-state index in [2.05, 4.69) is 5.32 Å². The van der Waals surface area contributed by atoms with Crippen molar-refractivity contribution >= 4 is 29.2 Å². The second-order valence-corrected chi connectivity index (χ2v) is 7.00. The molecule has 3 rings (SSSR count). The predicted octanol–water partition coefficient (Wildman–Crippen LogP) is 2.82. The summed E-state index contributed by atoms with van der Waals surface area (Å²) in [5, 5.41) is 13.4. The molecular formula is C21H21N3O6. The summed E-state index contributed by atoms with van der Waals surface area (Å²) in [5.74, 6) is -1.18. The first-order valence-corrected chi connectivity index (χ1v) is 9.42. The molecule has 0 unspecified atom stereocenters. The molecule has 156 valence electrons. The maximum Gasteiger partial charge on any atom is 0.338 e. The molecule has 0 aliphatic carbocycles. The van der Waals surface area contributed by atoms with E-state index in [9.17, 15) is 24.5 Å². The van der Waals surface area contributed by atoms with E-state index in [-0.39, 0.29) is 22.8 Å². The normalized spacial score (nSPS) is 13.2. The highest BCUT2D eigenvalue weighted by Gasteiger charge is 2.20. The molecule has 1 saturated heterocycles. The van der Waals surface area contributed by atoms with E-state index in [0.29, 0.717) is 25.1 Å². The van der Waals surface area contributed by atoms with E-state index < -0.39 is 23.4 Å². The molecule has 30 heavy (non-hydrogen) atoms. The minimum atomic E-state index is -0.671. The molecule has 1 heterocycles. The summed E-state index contributed by atoms with van der Waals surface area (Å²) < 4.78 is 5.06. The third kappa shape index (κ3) is 5.19. The van der Waals surface area contributed by atoms with Gasteiger partial charge in [-0.1, -0.05) is 18.2 Å². The molecular weight excluding hydrogens is 390 g/mol. The lowest BCUT2D eigenvalue weighted by Gasteiger charge is -2.15. The predicted molar refractivity (Wildman–Crippen MR) is 108 cm³/mol. The summed E-state index contributed by atoms with van der Waals surface area (Å²) in [6.07, 6.45) is 1.38. The van der Waals surface area contributed by atoms with Crippen LogP contribution in [0.1, 0.15) is 34.3 Å². The molecule has 0 atom stereocenters. The van der Waals surface area contributed by atoms with Gasteiger partial charge >= 0.3 is 5.97 Å². The van der Waals surface area contributed by atoms with Crippen LogP contribution in [0.3, 0.4) is 0 Å². The van der Waals surface area contributed by atoms with Crippen LogP contribution in [0, 0.1) is 17.0 Å². The molecule has 2 amide bonds. The molecule has 0 aromatic heterocycles. The van der Waals surface area contributed by atoms with Crippen molar-refractivity contribution in [1.82, 2.24) is 4.90 Å². The minimum absolute atomic E-state index is 0.0936. The summed E-state index contributed by atoms with van der Waals surface area (Å²) in [6.45, 7) is 2.29. The van der Waals surface area contributed by atoms with Crippen molar-refractivity contribution in [3.05, 3.63) is 69.3 Å². The Morgan fingerprint density at radius 3 is 2.73 bits per heavy atom. The van der Waals surface area contributed by atoms with Crippen molar-refractivity contribution in [3.8, 4) is 0 Å². The van der Waals surface area contributed by atoms with Crippen LogP contribution in [0.5, 0.6) is 0 Å². The summed E-state index contributed by atoms with van der Waals surface area (Å²) in [4.78, 5) is 48.2. The number of nitrogens with one attached hydrogen (secondary N) is 1. The van der Waals surface area contributed by atoms with Gasteiger partial charge in [-0.25, -0.2) is 4.79 Å². The van der Waals surface area contributed by atoms with E-state index in [1.165, 1.54) is 18.2 Å². The first-order chi connectivity index (χ1) is 14.3. The topological polar surface area (TPSA) is 119 Å². The number of non-ortho nitro benzene ring substituents is 1. The van der Waals surface area contributed by atoms with Crippen molar-refractivity contribution in [2.75, 3.05) is 18.5 Å². The van der Waals surface area contributed by atoms with Crippen molar-refractivity contribution in [2.45, 2.75) is 26.3 Å². The highest BCUT2D eigenvalue weighted by atomic mass is 16.6. The Balaban J connectivity index is 1.57. The Morgan fingerprint density at radius 2 is 2.03 bits per heavy atom. The van der Waals surface area contributed by atoms with Crippen LogP contribution in [0.25, 0.3) is 0 Å². The molecule has 2 aromatic carbocycles. The van der Waals surface area contributed by atoms with Crippen LogP contribution in [-0.2, 0) is 20.9 Å². The number of carbonyl (C=O) groups excluding carboxylic acids is 3. The number of hydrogen-bond acceptors (Lipinski definition) is 6. The number of benzene rings is 2. The Morgan fingerprint density at radius 1 is 1.23 bits per heavy atom. The Kier molecular flexibility index (Phi) is 6.41. The van der Waals surface area contributed by atoms with Gasteiger partial charge in [0, 0.05) is 31.6 Å². The summed E-state index contributed by atoms with van der Waals surface area (Å²) in [7, 11) is 0. The fourth-order valence-electron chi connectivity index (χ4n) is 3.15. The molecule has 9 heteroatoms. The lowest BCUT2D eigenvalue weighted by atomic mass is 10.1. The van der Waals surface area contributed by atoms with E-state index in [0.717, 1.165) is 12.0 Å². The average Bonchev–Trinajstić information content (AvgIpc) is 3.12. The first-order valence-electron chi connectivity index (χ1n) is 9.42. The molecule has 2 aromatic rings. The number of hydrogen-bond donors (Lipinski definition) is 1. The number of amides is 2. The third-order valence-corrected chi connectivity index (χ3v) is 4.75. The first kappa shape index (κ1) is 21.0. The molecule has 0 saturated carbocycles. The maximum absolute atomic E-state index is 12.3. The van der Waals surface area contributed by atoms with Gasteiger partial charge in [-0.05, 0) is 36.6 Å². The van der Waals surface area contributed by atoms with Gasteiger partial charge < -0.3 is 15.0 Å². The van der Waals surface area contributed by atoms with Gasteiger partial charge in [-0.2, -0.15) is 0 Å². The number of nitro benzene ring substituents is 1. The monoisotopic (exact) mass is 411 g/mol. The number of nitro groups is 1. The quantitative estimate of drug-likeness (QED) is 0.425. The zero-order valence-electron chi connectivity index (χ0n) is 16.4. The maximum atomic E-state index is 12.3. The van der Waals surface area contributed by atoms with Gasteiger partial charge in [0.2, 0.25) is 5.91 Å². The van der Waals surface area contributed by atoms with Gasteiger partial charge in [0.1, 0.15) is 0 Å². The number of ether oxygens (including phenoxy) is 1. The number of likely N-dealkylation sites (tertiary alicyclic amines) is 1. The van der Waals surface area contributed by atoms with Gasteiger partial charge in [0.15, 0.2) is 6.61 Å². The lowest BCUT2D eigenvalue weighted by molar-refractivity contribution is -0.384. The van der Waals surface area contributed by atoms with E-state index in [4.69, 9.17) is 4.74 Å². The van der Waals surface area contributed by atoms with Gasteiger partial charge in [0.25, 0.3) is 11.6 Å². The lowest BCUT2D eigenvalue weighted by Crippen LogP contribution is -2.24. The second kappa shape index (κ2) is 9.17. The minimum Gasteiger partial charge on any atom is -0.452 e. The van der Waals surface area contributed by atoms with E-state index in [1.54, 1.807) is 30.0 Å². The van der Waals surface area contributed by atoms with Crippen molar-refractivity contribution < 1.29 is 24.0 Å². The van der Waals surface area contributed by atoms with Crippen LogP contribution >= 0.6 is 0 Å². The summed E-state index contributed by atoms with van der Waals surface area (Å²) in [5.41, 5.74) is 1.85. The molecule has 0 spiro atoms. The van der Waals surface area contributed by atoms with Crippen LogP contribution in [0.2, 0.25) is 0 Å². The second-order valence-electron chi connectivity index (χ2n) is 7.00. The van der Waals surface area contributed by atoms with Gasteiger partial charge in [-0.3, -0.25) is 19.7 Å². The van der Waals surface area contributed by atoms with Crippen LogP contribution in [0.4, 0.5) is 11.4 Å². The Hall–Kier alpha value is -3.75. The molecule has 1 fully saturated rings. The molecule has 0 bridgehead atoms. The molecule has 0 radical (unpaired) electrons. The number of rotatable bonds is 7. The number of aryl methyl sites for hydroxylation is 1. The van der Waals surface area contributed by atoms with Crippen molar-refractivity contribution in [2.24, 2.45) is 0 Å². The fraction of sp³-hybridized carbons (Fsp3) is 0.286. The van der Waals surface area contributed by atoms with Crippen molar-refractivity contribution in [1.29, 1.82) is 0 Å². The highest BCUT2D eigenvalue weighted by molar-refractivity contribution is 5.96. The smallest absolute Gasteiger partial charge is 0.338 e. The van der Waals surface area contributed by atoms with Gasteiger partial charge in [-0.15, -0.1) is 0 Å². The largest absolute Gasteiger partial charge is 0.452 e. The van der Waals surface area contributed by atoms with Crippen LogP contribution in [0.15, 0.2) is 42.5 Å². The fourth-order valence-corrected chi connectivity index (χ4v) is 3.15. The summed E-state index contributed by atoms with van der Waals surface area (Å²) in [6, 6.07) is 10.8.